The van der Waals surface area contributed by atoms with Crippen molar-refractivity contribution < 1.29 is 14.4 Å². The Balaban J connectivity index is 1.25. The molecule has 9 heteroatoms. The minimum absolute atomic E-state index is 0.0730. The molecule has 2 N–H and O–H groups in total. The Morgan fingerprint density at radius 3 is 2.52 bits per heavy atom. The van der Waals surface area contributed by atoms with Gasteiger partial charge in [-0.05, 0) is 42.7 Å². The van der Waals surface area contributed by atoms with Crippen LogP contribution in [0.2, 0.25) is 0 Å². The Morgan fingerprint density at radius 1 is 1.06 bits per heavy atom. The van der Waals surface area contributed by atoms with Crippen LogP contribution in [0.1, 0.15) is 50.9 Å². The van der Waals surface area contributed by atoms with E-state index in [4.69, 9.17) is 0 Å². The second kappa shape index (κ2) is 8.85. The molecule has 1 aliphatic heterocycles. The molecule has 2 heterocycles. The Kier molecular flexibility index (Phi) is 5.60. The second-order valence-corrected chi connectivity index (χ2v) is 8.30. The smallest absolute Gasteiger partial charge is 0.274 e. The quantitative estimate of drug-likeness (QED) is 0.601. The number of para-hydroxylation sites is 1. The molecule has 5 rings (SSSR count). The summed E-state index contributed by atoms with van der Waals surface area (Å²) in [6.07, 6.45) is 2.04. The predicted molar refractivity (Wildman–Crippen MR) is 120 cm³/mol. The van der Waals surface area contributed by atoms with Crippen LogP contribution >= 0.6 is 0 Å². The van der Waals surface area contributed by atoms with Crippen molar-refractivity contribution in [2.75, 3.05) is 19.6 Å². The first-order valence-corrected chi connectivity index (χ1v) is 11.0. The highest BCUT2D eigenvalue weighted by Crippen LogP contribution is 2.41. The van der Waals surface area contributed by atoms with Gasteiger partial charge in [0, 0.05) is 31.1 Å². The number of amides is 3. The van der Waals surface area contributed by atoms with Gasteiger partial charge in [0.25, 0.3) is 11.8 Å². The number of hydrogen-bond donors (Lipinski definition) is 2. The van der Waals surface area contributed by atoms with Gasteiger partial charge in [0.15, 0.2) is 5.69 Å². The molecule has 2 aliphatic rings. The summed E-state index contributed by atoms with van der Waals surface area (Å²) < 4.78 is 1.76. The zero-order valence-corrected chi connectivity index (χ0v) is 18.0. The van der Waals surface area contributed by atoms with Crippen LogP contribution in [0.4, 0.5) is 0 Å². The van der Waals surface area contributed by atoms with Crippen molar-refractivity contribution in [3.05, 3.63) is 77.1 Å². The number of nitrogens with one attached hydrogen (secondary N) is 2. The average molecular weight is 444 g/mol. The van der Waals surface area contributed by atoms with Crippen molar-refractivity contribution in [1.82, 2.24) is 30.5 Å². The minimum Gasteiger partial charge on any atom is -0.353 e. The third kappa shape index (κ3) is 4.48. The molecule has 0 atom stereocenters. The Bertz CT molecular complexity index is 1180. The lowest BCUT2D eigenvalue weighted by atomic mass is 10.1. The normalized spacial score (nSPS) is 15.8. The molecule has 1 aromatic heterocycles. The summed E-state index contributed by atoms with van der Waals surface area (Å²) in [6, 6.07) is 16.7. The van der Waals surface area contributed by atoms with Crippen molar-refractivity contribution in [3.8, 4) is 5.69 Å². The Morgan fingerprint density at radius 2 is 1.82 bits per heavy atom. The van der Waals surface area contributed by atoms with Gasteiger partial charge in [0.2, 0.25) is 5.91 Å². The molecular formula is C24H24N6O3. The molecule has 2 aromatic carbocycles. The Hall–Kier alpha value is -4.01. The fourth-order valence-electron chi connectivity index (χ4n) is 3.96. The van der Waals surface area contributed by atoms with Crippen LogP contribution in [0.15, 0.2) is 54.6 Å². The van der Waals surface area contributed by atoms with E-state index in [1.165, 1.54) is 4.90 Å². The first kappa shape index (κ1) is 20.9. The molecule has 2 fully saturated rings. The van der Waals surface area contributed by atoms with Crippen molar-refractivity contribution in [1.29, 1.82) is 0 Å². The van der Waals surface area contributed by atoms with Crippen molar-refractivity contribution >= 4 is 17.7 Å². The van der Waals surface area contributed by atoms with Crippen LogP contribution in [0.3, 0.4) is 0 Å². The molecule has 0 spiro atoms. The van der Waals surface area contributed by atoms with Gasteiger partial charge in [0.1, 0.15) is 0 Å². The molecule has 0 unspecified atom stereocenters. The van der Waals surface area contributed by atoms with E-state index >= 15 is 0 Å². The van der Waals surface area contributed by atoms with E-state index in [1.807, 2.05) is 30.3 Å². The molecule has 3 aromatic rings. The number of carbonyl (C=O) groups is 3. The first-order valence-electron chi connectivity index (χ1n) is 11.0. The SMILES string of the molecule is O=C1CN(C(=O)c2ccc(CNC(=O)c3nnn(-c4ccccc4)c3C3CC3)cc2)CCN1. The molecule has 0 bridgehead atoms. The number of nitrogens with zero attached hydrogens (tertiary/aromatic N) is 4. The molecule has 33 heavy (non-hydrogen) atoms. The summed E-state index contributed by atoms with van der Waals surface area (Å²) in [6.45, 7) is 1.34. The van der Waals surface area contributed by atoms with E-state index in [2.05, 4.69) is 20.9 Å². The van der Waals surface area contributed by atoms with Crippen LogP contribution < -0.4 is 10.6 Å². The van der Waals surface area contributed by atoms with Crippen molar-refractivity contribution in [3.63, 3.8) is 0 Å². The lowest BCUT2D eigenvalue weighted by Crippen LogP contribution is -2.49. The first-order chi connectivity index (χ1) is 16.1. The van der Waals surface area contributed by atoms with E-state index in [1.54, 1.807) is 28.9 Å². The van der Waals surface area contributed by atoms with Gasteiger partial charge < -0.3 is 15.5 Å². The fraction of sp³-hybridized carbons (Fsp3) is 0.292. The molecule has 3 amide bonds. The zero-order chi connectivity index (χ0) is 22.8. The van der Waals surface area contributed by atoms with Gasteiger partial charge in [-0.3, -0.25) is 14.4 Å². The van der Waals surface area contributed by atoms with E-state index in [-0.39, 0.29) is 24.3 Å². The summed E-state index contributed by atoms with van der Waals surface area (Å²) in [7, 11) is 0. The summed E-state index contributed by atoms with van der Waals surface area (Å²) >= 11 is 0. The second-order valence-electron chi connectivity index (χ2n) is 8.30. The third-order valence-electron chi connectivity index (χ3n) is 5.86. The lowest BCUT2D eigenvalue weighted by molar-refractivity contribution is -0.123. The molecular weight excluding hydrogens is 420 g/mol. The van der Waals surface area contributed by atoms with Crippen LogP contribution in [0, 0.1) is 0 Å². The predicted octanol–water partition coefficient (Wildman–Crippen LogP) is 1.65. The number of rotatable bonds is 6. The highest BCUT2D eigenvalue weighted by molar-refractivity contribution is 5.97. The number of benzene rings is 2. The molecule has 1 saturated carbocycles. The molecule has 1 saturated heterocycles. The Labute approximate surface area is 190 Å². The average Bonchev–Trinajstić information content (AvgIpc) is 3.60. The van der Waals surface area contributed by atoms with Crippen LogP contribution in [-0.2, 0) is 11.3 Å². The molecule has 0 radical (unpaired) electrons. The van der Waals surface area contributed by atoms with E-state index in [9.17, 15) is 14.4 Å². The maximum Gasteiger partial charge on any atom is 0.274 e. The van der Waals surface area contributed by atoms with Gasteiger partial charge in [-0.15, -0.1) is 5.10 Å². The highest BCUT2D eigenvalue weighted by Gasteiger charge is 2.34. The molecule has 168 valence electrons. The molecule has 1 aliphatic carbocycles. The number of aromatic nitrogens is 3. The van der Waals surface area contributed by atoms with Gasteiger partial charge in [-0.1, -0.05) is 35.5 Å². The number of carbonyl (C=O) groups excluding carboxylic acids is 3. The molecule has 9 nitrogen and oxygen atoms in total. The number of piperazine rings is 1. The standard InChI is InChI=1S/C24H24N6O3/c31-20-15-29(13-12-25-20)24(33)18-8-6-16(7-9-18)14-26-23(32)21-22(17-10-11-17)30(28-27-21)19-4-2-1-3-5-19/h1-9,17H,10-15H2,(H,25,31)(H,26,32). The van der Waals surface area contributed by atoms with Gasteiger partial charge in [-0.25, -0.2) is 4.68 Å². The van der Waals surface area contributed by atoms with Gasteiger partial charge in [-0.2, -0.15) is 0 Å². The summed E-state index contributed by atoms with van der Waals surface area (Å²) in [5.74, 6) is -0.294. The van der Waals surface area contributed by atoms with Gasteiger partial charge in [0.05, 0.1) is 17.9 Å². The van der Waals surface area contributed by atoms with E-state index in [0.29, 0.717) is 36.8 Å². The summed E-state index contributed by atoms with van der Waals surface area (Å²) in [5, 5.41) is 14.0. The fourth-order valence-corrected chi connectivity index (χ4v) is 3.96. The highest BCUT2D eigenvalue weighted by atomic mass is 16.2. The third-order valence-corrected chi connectivity index (χ3v) is 5.86. The van der Waals surface area contributed by atoms with Gasteiger partial charge >= 0.3 is 0 Å². The maximum absolute atomic E-state index is 12.9. The lowest BCUT2D eigenvalue weighted by Gasteiger charge is -2.26. The van der Waals surface area contributed by atoms with Crippen LogP contribution in [0.25, 0.3) is 5.69 Å². The van der Waals surface area contributed by atoms with Crippen molar-refractivity contribution in [2.45, 2.75) is 25.3 Å². The van der Waals surface area contributed by atoms with Crippen molar-refractivity contribution in [2.24, 2.45) is 0 Å². The topological polar surface area (TPSA) is 109 Å². The van der Waals surface area contributed by atoms with Crippen LogP contribution in [-0.4, -0.2) is 57.2 Å². The van der Waals surface area contributed by atoms with E-state index in [0.717, 1.165) is 29.8 Å². The number of hydrogen-bond acceptors (Lipinski definition) is 5. The van der Waals surface area contributed by atoms with Crippen LogP contribution in [0.5, 0.6) is 0 Å². The summed E-state index contributed by atoms with van der Waals surface area (Å²) in [5.41, 5.74) is 3.47. The maximum atomic E-state index is 12.9. The largest absolute Gasteiger partial charge is 0.353 e. The summed E-state index contributed by atoms with van der Waals surface area (Å²) in [4.78, 5) is 38.6. The monoisotopic (exact) mass is 444 g/mol. The minimum atomic E-state index is -0.265. The zero-order valence-electron chi connectivity index (χ0n) is 18.0. The van der Waals surface area contributed by atoms with E-state index < -0.39 is 0 Å².